The molecule has 0 fully saturated rings. The van der Waals surface area contributed by atoms with Crippen LogP contribution in [0.2, 0.25) is 0 Å². The maximum Gasteiger partial charge on any atom is 0.306 e. The first kappa shape index (κ1) is 41.8. The van der Waals surface area contributed by atoms with Crippen LogP contribution in [-0.4, -0.2) is 47.6 Å². The Morgan fingerprint density at radius 2 is 1.11 bits per heavy atom. The zero-order chi connectivity index (χ0) is 32.4. The summed E-state index contributed by atoms with van der Waals surface area (Å²) < 4.78 is 10.5. The van der Waals surface area contributed by atoms with Gasteiger partial charge in [-0.15, -0.1) is 0 Å². The van der Waals surface area contributed by atoms with Crippen LogP contribution >= 0.6 is 0 Å². The monoisotopic (exact) mass is 618 g/mol. The molecule has 6 heteroatoms. The third kappa shape index (κ3) is 31.3. The molecule has 0 aromatic heterocycles. The molecule has 0 aliphatic heterocycles. The standard InChI is InChI=1S/C38H66O6/c1-3-5-6-7-8-9-10-15-19-22-25-28-32-38(42)44-36(33-39)34-43-37(41)31-27-24-21-18-16-13-11-12-14-17-20-23-26-30-35(40)29-4-2/h11,13-14,17-18,21,23,26,35-36,39-40H,3-10,12,15-16,19-20,22,24-25,27-34H2,1-2H3/b13-11-,17-14-,21-18-,26-23-/t35?,36-/m0/s1. The lowest BCUT2D eigenvalue weighted by molar-refractivity contribution is -0.161. The van der Waals surface area contributed by atoms with Crippen LogP contribution in [-0.2, 0) is 19.1 Å². The number of ether oxygens (including phenoxy) is 2. The molecule has 0 radical (unpaired) electrons. The van der Waals surface area contributed by atoms with Crippen molar-refractivity contribution >= 4 is 11.9 Å². The molecule has 254 valence electrons. The van der Waals surface area contributed by atoms with Crippen molar-refractivity contribution in [2.45, 2.75) is 167 Å². The normalized spacial score (nSPS) is 13.5. The molecule has 0 amide bonds. The van der Waals surface area contributed by atoms with E-state index in [1.165, 1.54) is 57.8 Å². The van der Waals surface area contributed by atoms with Gasteiger partial charge in [-0.25, -0.2) is 0 Å². The lowest BCUT2D eigenvalue weighted by Crippen LogP contribution is -2.28. The largest absolute Gasteiger partial charge is 0.462 e. The van der Waals surface area contributed by atoms with Gasteiger partial charge in [-0.2, -0.15) is 0 Å². The molecule has 2 N–H and O–H groups in total. The van der Waals surface area contributed by atoms with E-state index in [2.05, 4.69) is 62.5 Å². The second-order valence-electron chi connectivity index (χ2n) is 11.8. The van der Waals surface area contributed by atoms with Crippen molar-refractivity contribution in [2.75, 3.05) is 13.2 Å². The van der Waals surface area contributed by atoms with E-state index in [-0.39, 0.29) is 31.3 Å². The molecule has 0 bridgehead atoms. The van der Waals surface area contributed by atoms with Crippen LogP contribution in [0.3, 0.4) is 0 Å². The number of allylic oxidation sites excluding steroid dienone is 7. The first-order chi connectivity index (χ1) is 21.5. The van der Waals surface area contributed by atoms with Crippen LogP contribution in [0, 0.1) is 0 Å². The fraction of sp³-hybridized carbons (Fsp3) is 0.737. The van der Waals surface area contributed by atoms with E-state index < -0.39 is 6.10 Å². The van der Waals surface area contributed by atoms with Crippen LogP contribution in [0.25, 0.3) is 0 Å². The van der Waals surface area contributed by atoms with Crippen molar-refractivity contribution in [1.82, 2.24) is 0 Å². The van der Waals surface area contributed by atoms with Gasteiger partial charge in [0.15, 0.2) is 6.10 Å². The predicted octanol–water partition coefficient (Wildman–Crippen LogP) is 9.64. The summed E-state index contributed by atoms with van der Waals surface area (Å²) >= 11 is 0. The van der Waals surface area contributed by atoms with Gasteiger partial charge in [0.1, 0.15) is 6.61 Å². The SMILES string of the molecule is CCCCCCCCCCCCCCC(=O)O[C@@H](CO)COC(=O)CCC/C=C\C/C=C\C/C=C\C/C=C\CC(O)CCC. The van der Waals surface area contributed by atoms with E-state index in [9.17, 15) is 19.8 Å². The van der Waals surface area contributed by atoms with Gasteiger partial charge in [-0.1, -0.05) is 140 Å². The van der Waals surface area contributed by atoms with E-state index in [4.69, 9.17) is 9.47 Å². The van der Waals surface area contributed by atoms with Gasteiger partial charge in [0.25, 0.3) is 0 Å². The van der Waals surface area contributed by atoms with Crippen LogP contribution in [0.1, 0.15) is 155 Å². The van der Waals surface area contributed by atoms with Crippen LogP contribution < -0.4 is 0 Å². The van der Waals surface area contributed by atoms with Crippen LogP contribution in [0.15, 0.2) is 48.6 Å². The number of aliphatic hydroxyl groups is 2. The Morgan fingerprint density at radius 1 is 0.614 bits per heavy atom. The Balaban J connectivity index is 3.72. The zero-order valence-corrected chi connectivity index (χ0v) is 28.3. The highest BCUT2D eigenvalue weighted by Crippen LogP contribution is 2.13. The molecule has 44 heavy (non-hydrogen) atoms. The quantitative estimate of drug-likeness (QED) is 0.0456. The lowest BCUT2D eigenvalue weighted by atomic mass is 10.0. The number of rotatable bonds is 31. The fourth-order valence-corrected chi connectivity index (χ4v) is 4.74. The van der Waals surface area contributed by atoms with Gasteiger partial charge in [-0.3, -0.25) is 9.59 Å². The summed E-state index contributed by atoms with van der Waals surface area (Å²) in [6.07, 6.45) is 38.0. The highest BCUT2D eigenvalue weighted by molar-refractivity contribution is 5.70. The fourth-order valence-electron chi connectivity index (χ4n) is 4.74. The molecule has 2 atom stereocenters. The lowest BCUT2D eigenvalue weighted by Gasteiger charge is -2.15. The smallest absolute Gasteiger partial charge is 0.306 e. The Morgan fingerprint density at radius 3 is 1.66 bits per heavy atom. The zero-order valence-electron chi connectivity index (χ0n) is 28.3. The summed E-state index contributed by atoms with van der Waals surface area (Å²) in [6, 6.07) is 0. The maximum absolute atomic E-state index is 12.1. The molecule has 0 aromatic rings. The number of hydrogen-bond acceptors (Lipinski definition) is 6. The van der Waals surface area contributed by atoms with Gasteiger partial charge >= 0.3 is 11.9 Å². The maximum atomic E-state index is 12.1. The van der Waals surface area contributed by atoms with Crippen molar-refractivity contribution in [3.63, 3.8) is 0 Å². The van der Waals surface area contributed by atoms with Crippen molar-refractivity contribution in [3.05, 3.63) is 48.6 Å². The van der Waals surface area contributed by atoms with Gasteiger partial charge in [0.2, 0.25) is 0 Å². The van der Waals surface area contributed by atoms with E-state index in [1.807, 2.05) is 0 Å². The average Bonchev–Trinajstić information content (AvgIpc) is 3.01. The molecule has 0 rings (SSSR count). The summed E-state index contributed by atoms with van der Waals surface area (Å²) in [5, 5.41) is 19.2. The van der Waals surface area contributed by atoms with Crippen LogP contribution in [0.4, 0.5) is 0 Å². The van der Waals surface area contributed by atoms with E-state index >= 15 is 0 Å². The predicted molar refractivity (Wildman–Crippen MR) is 183 cm³/mol. The Hall–Kier alpha value is -2.18. The topological polar surface area (TPSA) is 93.1 Å². The van der Waals surface area contributed by atoms with Crippen molar-refractivity contribution in [2.24, 2.45) is 0 Å². The minimum Gasteiger partial charge on any atom is -0.462 e. The molecular weight excluding hydrogens is 552 g/mol. The second kappa shape index (κ2) is 33.7. The molecular formula is C38H66O6. The van der Waals surface area contributed by atoms with Crippen molar-refractivity contribution < 1.29 is 29.3 Å². The Kier molecular flexibility index (Phi) is 32.0. The molecule has 0 heterocycles. The summed E-state index contributed by atoms with van der Waals surface area (Å²) in [7, 11) is 0. The molecule has 0 saturated carbocycles. The molecule has 1 unspecified atom stereocenters. The highest BCUT2D eigenvalue weighted by atomic mass is 16.6. The van der Waals surface area contributed by atoms with Gasteiger partial charge in [0.05, 0.1) is 12.7 Å². The Labute approximate surface area is 270 Å². The number of carbonyl (C=O) groups is 2. The highest BCUT2D eigenvalue weighted by Gasteiger charge is 2.16. The first-order valence-electron chi connectivity index (χ1n) is 17.8. The summed E-state index contributed by atoms with van der Waals surface area (Å²) in [5.41, 5.74) is 0. The number of carbonyl (C=O) groups excluding carboxylic acids is 2. The molecule has 0 spiro atoms. The summed E-state index contributed by atoms with van der Waals surface area (Å²) in [4.78, 5) is 24.1. The summed E-state index contributed by atoms with van der Waals surface area (Å²) in [6.45, 7) is 3.87. The van der Waals surface area contributed by atoms with Crippen molar-refractivity contribution in [1.29, 1.82) is 0 Å². The molecule has 0 aromatic carbocycles. The van der Waals surface area contributed by atoms with E-state index in [0.717, 1.165) is 64.2 Å². The van der Waals surface area contributed by atoms with Crippen LogP contribution in [0.5, 0.6) is 0 Å². The summed E-state index contributed by atoms with van der Waals surface area (Å²) in [5.74, 6) is -0.679. The number of unbranched alkanes of at least 4 members (excludes halogenated alkanes) is 12. The third-order valence-corrected chi connectivity index (χ3v) is 7.43. The van der Waals surface area contributed by atoms with Gasteiger partial charge < -0.3 is 19.7 Å². The van der Waals surface area contributed by atoms with E-state index in [0.29, 0.717) is 19.3 Å². The van der Waals surface area contributed by atoms with E-state index in [1.54, 1.807) is 0 Å². The first-order valence-corrected chi connectivity index (χ1v) is 17.8. The number of aliphatic hydroxyl groups excluding tert-OH is 2. The van der Waals surface area contributed by atoms with Gasteiger partial charge in [0, 0.05) is 12.8 Å². The average molecular weight is 619 g/mol. The molecule has 0 aliphatic rings. The van der Waals surface area contributed by atoms with Gasteiger partial charge in [-0.05, 0) is 51.4 Å². The number of esters is 2. The molecule has 6 nitrogen and oxygen atoms in total. The number of hydrogen-bond donors (Lipinski definition) is 2. The minimum absolute atomic E-state index is 0.104. The Bertz CT molecular complexity index is 769. The van der Waals surface area contributed by atoms with Crippen molar-refractivity contribution in [3.8, 4) is 0 Å². The molecule has 0 saturated heterocycles. The molecule has 0 aliphatic carbocycles. The third-order valence-electron chi connectivity index (χ3n) is 7.43. The second-order valence-corrected chi connectivity index (χ2v) is 11.8. The minimum atomic E-state index is -0.800.